The summed E-state index contributed by atoms with van der Waals surface area (Å²) in [6.45, 7) is 8.55. The molecule has 0 aliphatic carbocycles. The Labute approximate surface area is 207 Å². The Kier molecular flexibility index (Phi) is 11.1. The topological polar surface area (TPSA) is 117 Å². The van der Waals surface area contributed by atoms with Gasteiger partial charge in [0.25, 0.3) is 5.56 Å². The third-order valence-corrected chi connectivity index (χ3v) is 6.12. The molecule has 188 valence electrons. The average Bonchev–Trinajstić information content (AvgIpc) is 2.86. The Balaban J connectivity index is 2.18. The van der Waals surface area contributed by atoms with Gasteiger partial charge in [0.15, 0.2) is 5.69 Å². The van der Waals surface area contributed by atoms with E-state index in [-0.39, 0.29) is 28.7 Å². The number of carbonyl (C=O) groups is 1. The Hall–Kier alpha value is -3.47. The third-order valence-electron chi connectivity index (χ3n) is 6.12. The molecular weight excluding hydrogens is 444 g/mol. The van der Waals surface area contributed by atoms with E-state index in [0.717, 1.165) is 38.5 Å². The van der Waals surface area contributed by atoms with E-state index in [1.807, 2.05) is 13.0 Å². The number of azo groups is 1. The lowest BCUT2D eigenvalue weighted by molar-refractivity contribution is 0.0428. The molecule has 0 aliphatic heterocycles. The number of hydrogen-bond donors (Lipinski definition) is 1. The van der Waals surface area contributed by atoms with Crippen LogP contribution in [-0.2, 0) is 11.3 Å². The van der Waals surface area contributed by atoms with Crippen molar-refractivity contribution in [1.29, 1.82) is 5.26 Å². The summed E-state index contributed by atoms with van der Waals surface area (Å²) in [5.74, 6) is -0.357. The molecule has 0 aliphatic rings. The lowest BCUT2D eigenvalue weighted by Crippen LogP contribution is -2.22. The summed E-state index contributed by atoms with van der Waals surface area (Å²) in [6.07, 6.45) is 6.81. The molecule has 8 nitrogen and oxygen atoms in total. The van der Waals surface area contributed by atoms with E-state index in [4.69, 9.17) is 4.74 Å². The Morgan fingerprint density at radius 2 is 1.80 bits per heavy atom. The summed E-state index contributed by atoms with van der Waals surface area (Å²) in [6, 6.07) is 8.41. The number of ether oxygens (including phenoxy) is 1. The quantitative estimate of drug-likeness (QED) is 0.194. The second-order valence-corrected chi connectivity index (χ2v) is 8.71. The molecule has 0 saturated heterocycles. The number of aromatic nitrogens is 1. The van der Waals surface area contributed by atoms with E-state index in [9.17, 15) is 20.0 Å². The zero-order valence-electron chi connectivity index (χ0n) is 21.2. The Morgan fingerprint density at radius 1 is 1.11 bits per heavy atom. The minimum atomic E-state index is -0.493. The number of rotatable bonds is 13. The maximum atomic E-state index is 12.9. The maximum Gasteiger partial charge on any atom is 0.338 e. The highest BCUT2D eigenvalue weighted by Gasteiger charge is 2.19. The molecule has 2 rings (SSSR count). The molecule has 1 atom stereocenters. The summed E-state index contributed by atoms with van der Waals surface area (Å²) in [7, 11) is 0. The zero-order valence-corrected chi connectivity index (χ0v) is 21.2. The molecule has 0 bridgehead atoms. The predicted molar refractivity (Wildman–Crippen MR) is 136 cm³/mol. The van der Waals surface area contributed by atoms with Crippen LogP contribution in [0.2, 0.25) is 0 Å². The van der Waals surface area contributed by atoms with Gasteiger partial charge in [-0.3, -0.25) is 9.36 Å². The highest BCUT2D eigenvalue weighted by molar-refractivity contribution is 5.89. The van der Waals surface area contributed by atoms with Crippen LogP contribution < -0.4 is 5.56 Å². The van der Waals surface area contributed by atoms with Gasteiger partial charge in [0.1, 0.15) is 11.6 Å². The van der Waals surface area contributed by atoms with Crippen molar-refractivity contribution in [2.45, 2.75) is 79.2 Å². The van der Waals surface area contributed by atoms with Crippen LogP contribution in [0.1, 0.15) is 87.2 Å². The summed E-state index contributed by atoms with van der Waals surface area (Å²) in [4.78, 5) is 25.3. The summed E-state index contributed by atoms with van der Waals surface area (Å²) >= 11 is 0. The largest absolute Gasteiger partial charge is 0.493 e. The lowest BCUT2D eigenvalue weighted by Gasteiger charge is -2.14. The number of aromatic hydroxyl groups is 1. The minimum absolute atomic E-state index is 0.0111. The molecule has 1 aromatic carbocycles. The third kappa shape index (κ3) is 7.51. The fraction of sp³-hybridized carbons (Fsp3) is 0.519. The van der Waals surface area contributed by atoms with E-state index in [1.54, 1.807) is 31.2 Å². The van der Waals surface area contributed by atoms with Crippen molar-refractivity contribution in [3.63, 3.8) is 0 Å². The summed E-state index contributed by atoms with van der Waals surface area (Å²) in [5.41, 5.74) is 0.667. The van der Waals surface area contributed by atoms with Crippen LogP contribution in [0.4, 0.5) is 11.4 Å². The van der Waals surface area contributed by atoms with Gasteiger partial charge in [0.2, 0.25) is 5.88 Å². The van der Waals surface area contributed by atoms with Gasteiger partial charge in [0.05, 0.1) is 17.9 Å². The van der Waals surface area contributed by atoms with Crippen LogP contribution in [0.5, 0.6) is 5.88 Å². The Bertz CT molecular complexity index is 1110. The second kappa shape index (κ2) is 14.1. The minimum Gasteiger partial charge on any atom is -0.493 e. The molecule has 1 unspecified atom stereocenters. The van der Waals surface area contributed by atoms with Crippen molar-refractivity contribution in [1.82, 2.24) is 4.57 Å². The molecule has 0 spiro atoms. The molecular formula is C27H36N4O4. The number of esters is 1. The second-order valence-electron chi connectivity index (χ2n) is 8.71. The first-order valence-corrected chi connectivity index (χ1v) is 12.4. The lowest BCUT2D eigenvalue weighted by atomic mass is 10.0. The molecule has 1 aromatic heterocycles. The molecule has 2 aromatic rings. The van der Waals surface area contributed by atoms with Crippen molar-refractivity contribution in [3.05, 3.63) is 51.3 Å². The van der Waals surface area contributed by atoms with E-state index >= 15 is 0 Å². The monoisotopic (exact) mass is 480 g/mol. The fourth-order valence-corrected chi connectivity index (χ4v) is 3.73. The number of nitriles is 1. The number of pyridine rings is 1. The van der Waals surface area contributed by atoms with Gasteiger partial charge in [-0.25, -0.2) is 4.79 Å². The van der Waals surface area contributed by atoms with Crippen LogP contribution in [0.15, 0.2) is 39.3 Å². The zero-order chi connectivity index (χ0) is 25.8. The van der Waals surface area contributed by atoms with Gasteiger partial charge >= 0.3 is 5.97 Å². The number of hydrogen-bond acceptors (Lipinski definition) is 7. The predicted octanol–water partition coefficient (Wildman–Crippen LogP) is 6.71. The summed E-state index contributed by atoms with van der Waals surface area (Å²) in [5, 5.41) is 28.1. The van der Waals surface area contributed by atoms with Crippen molar-refractivity contribution >= 4 is 17.3 Å². The van der Waals surface area contributed by atoms with Gasteiger partial charge in [-0.15, -0.1) is 5.11 Å². The first-order valence-electron chi connectivity index (χ1n) is 12.4. The summed E-state index contributed by atoms with van der Waals surface area (Å²) < 4.78 is 6.66. The molecule has 8 heteroatoms. The van der Waals surface area contributed by atoms with Crippen LogP contribution in [0, 0.1) is 24.2 Å². The average molecular weight is 481 g/mol. The van der Waals surface area contributed by atoms with Crippen LogP contribution in [-0.4, -0.2) is 22.2 Å². The van der Waals surface area contributed by atoms with Crippen LogP contribution >= 0.6 is 0 Å². The van der Waals surface area contributed by atoms with E-state index in [1.165, 1.54) is 4.57 Å². The smallest absolute Gasteiger partial charge is 0.338 e. The van der Waals surface area contributed by atoms with Gasteiger partial charge in [0, 0.05) is 12.1 Å². The molecule has 0 fully saturated rings. The van der Waals surface area contributed by atoms with Crippen molar-refractivity contribution < 1.29 is 14.6 Å². The van der Waals surface area contributed by atoms with Crippen LogP contribution in [0.3, 0.4) is 0 Å². The SMILES string of the molecule is CCCCCn1c(O)c(C#N)c(C)c(N=Nc2ccc(C(=O)OCC(CC)CCCC)cc2)c1=O. The normalized spacial score (nSPS) is 12.0. The number of unbranched alkanes of at least 4 members (excludes halogenated alkanes) is 3. The number of carbonyl (C=O) groups excluding carboxylic acids is 1. The molecule has 0 radical (unpaired) electrons. The van der Waals surface area contributed by atoms with E-state index in [2.05, 4.69) is 24.1 Å². The first-order chi connectivity index (χ1) is 16.9. The molecule has 1 N–H and O–H groups in total. The molecule has 0 amide bonds. The van der Waals surface area contributed by atoms with Gasteiger partial charge < -0.3 is 9.84 Å². The van der Waals surface area contributed by atoms with Crippen molar-refractivity contribution in [2.24, 2.45) is 16.1 Å². The van der Waals surface area contributed by atoms with Gasteiger partial charge in [-0.2, -0.15) is 10.4 Å². The van der Waals surface area contributed by atoms with Crippen molar-refractivity contribution in [2.75, 3.05) is 6.61 Å². The van der Waals surface area contributed by atoms with Gasteiger partial charge in [-0.05, 0) is 49.9 Å². The molecule has 0 saturated carbocycles. The Morgan fingerprint density at radius 3 is 2.40 bits per heavy atom. The van der Waals surface area contributed by atoms with E-state index < -0.39 is 5.56 Å². The molecule has 35 heavy (non-hydrogen) atoms. The van der Waals surface area contributed by atoms with E-state index in [0.29, 0.717) is 36.7 Å². The highest BCUT2D eigenvalue weighted by Crippen LogP contribution is 2.27. The van der Waals surface area contributed by atoms with Gasteiger partial charge in [-0.1, -0.05) is 52.9 Å². The first kappa shape index (κ1) is 27.8. The molecule has 1 heterocycles. The number of benzene rings is 1. The van der Waals surface area contributed by atoms with Crippen LogP contribution in [0.25, 0.3) is 0 Å². The standard InChI is InChI=1S/C27H36N4O4/c1-5-8-10-16-31-25(32)23(17-28)19(4)24(26(31)33)30-29-22-14-12-21(13-15-22)27(34)35-18-20(7-3)11-9-6-2/h12-15,20,32H,5-11,16,18H2,1-4H3. The fourth-order valence-electron chi connectivity index (χ4n) is 3.73. The maximum absolute atomic E-state index is 12.9. The van der Waals surface area contributed by atoms with Crippen molar-refractivity contribution in [3.8, 4) is 11.9 Å². The highest BCUT2D eigenvalue weighted by atomic mass is 16.5. The number of nitrogens with zero attached hydrogens (tertiary/aromatic N) is 4.